The van der Waals surface area contributed by atoms with Crippen LogP contribution in [0.4, 0.5) is 8.78 Å². The molecule has 0 saturated carbocycles. The highest BCUT2D eigenvalue weighted by atomic mass is 19.1. The first kappa shape index (κ1) is 11.6. The Morgan fingerprint density at radius 3 is 2.53 bits per heavy atom. The summed E-state index contributed by atoms with van der Waals surface area (Å²) >= 11 is 0. The standard InChI is InChI=1S/C10H9F2NO2/c11-6-1-2-7(8(12)5-6)10(15)9(14)3-4-13/h1-2,5,9-10,14-15H,3H2. The third-order valence-corrected chi connectivity index (χ3v) is 1.95. The fourth-order valence-corrected chi connectivity index (χ4v) is 1.15. The molecule has 1 rings (SSSR count). The lowest BCUT2D eigenvalue weighted by atomic mass is 10.0. The second-order valence-corrected chi connectivity index (χ2v) is 3.04. The van der Waals surface area contributed by atoms with Gasteiger partial charge in [-0.15, -0.1) is 0 Å². The Balaban J connectivity index is 2.91. The predicted molar refractivity (Wildman–Crippen MR) is 47.6 cm³/mol. The van der Waals surface area contributed by atoms with Gasteiger partial charge in [-0.2, -0.15) is 5.26 Å². The molecule has 0 amide bonds. The van der Waals surface area contributed by atoms with E-state index in [4.69, 9.17) is 5.26 Å². The van der Waals surface area contributed by atoms with Crippen molar-refractivity contribution in [2.24, 2.45) is 0 Å². The van der Waals surface area contributed by atoms with Gasteiger partial charge in [-0.1, -0.05) is 6.07 Å². The van der Waals surface area contributed by atoms with Gasteiger partial charge in [-0.3, -0.25) is 0 Å². The Bertz CT molecular complexity index is 389. The molecular weight excluding hydrogens is 204 g/mol. The Kier molecular flexibility index (Phi) is 3.72. The lowest BCUT2D eigenvalue weighted by Gasteiger charge is -2.15. The van der Waals surface area contributed by atoms with Gasteiger partial charge in [-0.25, -0.2) is 8.78 Å². The van der Waals surface area contributed by atoms with E-state index in [0.29, 0.717) is 6.07 Å². The smallest absolute Gasteiger partial charge is 0.132 e. The first-order chi connectivity index (χ1) is 7.06. The first-order valence-corrected chi connectivity index (χ1v) is 4.24. The summed E-state index contributed by atoms with van der Waals surface area (Å²) in [6, 6.07) is 4.26. The highest BCUT2D eigenvalue weighted by Gasteiger charge is 2.21. The second-order valence-electron chi connectivity index (χ2n) is 3.04. The van der Waals surface area contributed by atoms with E-state index in [1.54, 1.807) is 6.07 Å². The zero-order valence-corrected chi connectivity index (χ0v) is 7.69. The fraction of sp³-hybridized carbons (Fsp3) is 0.300. The van der Waals surface area contributed by atoms with Crippen molar-refractivity contribution < 1.29 is 19.0 Å². The van der Waals surface area contributed by atoms with Crippen LogP contribution in [0, 0.1) is 23.0 Å². The van der Waals surface area contributed by atoms with Crippen LogP contribution in [0.1, 0.15) is 18.1 Å². The minimum atomic E-state index is -1.52. The van der Waals surface area contributed by atoms with Crippen molar-refractivity contribution in [3.8, 4) is 6.07 Å². The molecule has 0 aliphatic rings. The molecule has 0 fully saturated rings. The molecule has 0 heterocycles. The Hall–Kier alpha value is -1.51. The third-order valence-electron chi connectivity index (χ3n) is 1.95. The zero-order valence-electron chi connectivity index (χ0n) is 7.69. The van der Waals surface area contributed by atoms with Crippen molar-refractivity contribution in [3.63, 3.8) is 0 Å². The van der Waals surface area contributed by atoms with Crippen LogP contribution in [0.5, 0.6) is 0 Å². The lowest BCUT2D eigenvalue weighted by Crippen LogP contribution is -2.18. The molecule has 5 heteroatoms. The number of hydrogen-bond acceptors (Lipinski definition) is 3. The van der Waals surface area contributed by atoms with Crippen LogP contribution < -0.4 is 0 Å². The zero-order chi connectivity index (χ0) is 11.4. The molecule has 1 aromatic rings. The molecule has 0 aliphatic carbocycles. The van der Waals surface area contributed by atoms with Crippen LogP contribution in [0.15, 0.2) is 18.2 Å². The van der Waals surface area contributed by atoms with Crippen molar-refractivity contribution in [3.05, 3.63) is 35.4 Å². The van der Waals surface area contributed by atoms with E-state index in [-0.39, 0.29) is 12.0 Å². The van der Waals surface area contributed by atoms with E-state index in [9.17, 15) is 19.0 Å². The molecule has 80 valence electrons. The van der Waals surface area contributed by atoms with Gasteiger partial charge >= 0.3 is 0 Å². The molecule has 2 N–H and O–H groups in total. The van der Waals surface area contributed by atoms with Crippen LogP contribution in [-0.4, -0.2) is 16.3 Å². The first-order valence-electron chi connectivity index (χ1n) is 4.24. The maximum absolute atomic E-state index is 13.1. The largest absolute Gasteiger partial charge is 0.389 e. The Morgan fingerprint density at radius 2 is 2.00 bits per heavy atom. The lowest BCUT2D eigenvalue weighted by molar-refractivity contribution is 0.0194. The molecule has 0 saturated heterocycles. The van der Waals surface area contributed by atoms with Crippen LogP contribution in [0.3, 0.4) is 0 Å². The van der Waals surface area contributed by atoms with Crippen molar-refractivity contribution in [2.75, 3.05) is 0 Å². The van der Waals surface area contributed by atoms with Gasteiger partial charge in [0.15, 0.2) is 0 Å². The number of halogens is 2. The summed E-state index contributed by atoms with van der Waals surface area (Å²) in [5.41, 5.74) is -0.223. The van der Waals surface area contributed by atoms with Crippen LogP contribution >= 0.6 is 0 Å². The van der Waals surface area contributed by atoms with E-state index in [2.05, 4.69) is 0 Å². The summed E-state index contributed by atoms with van der Waals surface area (Å²) in [4.78, 5) is 0. The van der Waals surface area contributed by atoms with Crippen molar-refractivity contribution in [1.82, 2.24) is 0 Å². The number of aliphatic hydroxyl groups is 2. The van der Waals surface area contributed by atoms with Gasteiger partial charge in [0.2, 0.25) is 0 Å². The van der Waals surface area contributed by atoms with E-state index < -0.39 is 23.8 Å². The normalized spacial score (nSPS) is 14.3. The van der Waals surface area contributed by atoms with Gasteiger partial charge < -0.3 is 10.2 Å². The fourth-order valence-electron chi connectivity index (χ4n) is 1.15. The van der Waals surface area contributed by atoms with Crippen molar-refractivity contribution in [1.29, 1.82) is 5.26 Å². The summed E-state index contributed by atoms with van der Waals surface area (Å²) in [7, 11) is 0. The summed E-state index contributed by atoms with van der Waals surface area (Å²) < 4.78 is 25.6. The summed E-state index contributed by atoms with van der Waals surface area (Å²) in [5.74, 6) is -1.71. The number of hydrogen-bond donors (Lipinski definition) is 2. The summed E-state index contributed by atoms with van der Waals surface area (Å²) in [5, 5.41) is 26.9. The molecule has 2 unspecified atom stereocenters. The third kappa shape index (κ3) is 2.72. The molecule has 2 atom stereocenters. The molecule has 0 bridgehead atoms. The van der Waals surface area contributed by atoms with Gasteiger partial charge in [0.1, 0.15) is 17.7 Å². The van der Waals surface area contributed by atoms with Crippen molar-refractivity contribution in [2.45, 2.75) is 18.6 Å². The number of aliphatic hydroxyl groups excluding tert-OH is 2. The number of nitrogens with zero attached hydrogens (tertiary/aromatic N) is 1. The molecule has 0 radical (unpaired) electrons. The average Bonchev–Trinajstić information content (AvgIpc) is 2.17. The van der Waals surface area contributed by atoms with Gasteiger partial charge in [-0.05, 0) is 6.07 Å². The summed E-state index contributed by atoms with van der Waals surface area (Å²) in [6.45, 7) is 0. The van der Waals surface area contributed by atoms with Crippen molar-refractivity contribution >= 4 is 0 Å². The topological polar surface area (TPSA) is 64.2 Å². The van der Waals surface area contributed by atoms with E-state index in [1.807, 2.05) is 0 Å². The van der Waals surface area contributed by atoms with Crippen LogP contribution in [0.25, 0.3) is 0 Å². The molecule has 3 nitrogen and oxygen atoms in total. The average molecular weight is 213 g/mol. The molecule has 1 aromatic carbocycles. The minimum absolute atomic E-state index is 0.223. The number of nitriles is 1. The molecular formula is C10H9F2NO2. The number of rotatable bonds is 3. The van der Waals surface area contributed by atoms with Crippen LogP contribution in [0.2, 0.25) is 0 Å². The maximum atomic E-state index is 13.1. The van der Waals surface area contributed by atoms with E-state index in [0.717, 1.165) is 12.1 Å². The van der Waals surface area contributed by atoms with E-state index >= 15 is 0 Å². The van der Waals surface area contributed by atoms with E-state index in [1.165, 1.54) is 0 Å². The summed E-state index contributed by atoms with van der Waals surface area (Å²) in [6.07, 6.45) is -3.22. The minimum Gasteiger partial charge on any atom is -0.389 e. The second kappa shape index (κ2) is 4.82. The van der Waals surface area contributed by atoms with Gasteiger partial charge in [0.05, 0.1) is 18.6 Å². The molecule has 15 heavy (non-hydrogen) atoms. The Labute approximate surface area is 85.2 Å². The maximum Gasteiger partial charge on any atom is 0.132 e. The SMILES string of the molecule is N#CCC(O)C(O)c1ccc(F)cc1F. The quantitative estimate of drug-likeness (QED) is 0.794. The number of benzene rings is 1. The molecule has 0 spiro atoms. The predicted octanol–water partition coefficient (Wildman–Crippen LogP) is 1.27. The molecule has 0 aromatic heterocycles. The van der Waals surface area contributed by atoms with Gasteiger partial charge in [0.25, 0.3) is 0 Å². The van der Waals surface area contributed by atoms with Gasteiger partial charge in [0, 0.05) is 11.6 Å². The molecule has 0 aliphatic heterocycles. The highest BCUT2D eigenvalue weighted by molar-refractivity contribution is 5.21. The van der Waals surface area contributed by atoms with Crippen LogP contribution in [-0.2, 0) is 0 Å². The Morgan fingerprint density at radius 1 is 1.33 bits per heavy atom. The highest BCUT2D eigenvalue weighted by Crippen LogP contribution is 2.22. The monoisotopic (exact) mass is 213 g/mol.